The highest BCUT2D eigenvalue weighted by molar-refractivity contribution is 7.13. The van der Waals surface area contributed by atoms with Crippen LogP contribution in [-0.4, -0.2) is 47.9 Å². The van der Waals surface area contributed by atoms with E-state index in [0.29, 0.717) is 28.9 Å². The van der Waals surface area contributed by atoms with Gasteiger partial charge in [-0.3, -0.25) is 9.59 Å². The van der Waals surface area contributed by atoms with Crippen LogP contribution in [0, 0.1) is 5.41 Å². The molecule has 1 aromatic heterocycles. The molecule has 0 aliphatic carbocycles. The molecular formula is C20H25ClN4O2S. The monoisotopic (exact) mass is 420 g/mol. The Balaban J connectivity index is 1.52. The molecule has 2 aromatic rings. The number of rotatable bonds is 4. The van der Waals surface area contributed by atoms with E-state index in [9.17, 15) is 9.59 Å². The molecule has 1 saturated heterocycles. The van der Waals surface area contributed by atoms with Gasteiger partial charge in [0.2, 0.25) is 11.8 Å². The van der Waals surface area contributed by atoms with Crippen molar-refractivity contribution in [1.29, 1.82) is 0 Å². The molecule has 0 radical (unpaired) electrons. The number of hydrogen-bond donors (Lipinski definition) is 1. The Hall–Kier alpha value is -2.12. The van der Waals surface area contributed by atoms with Crippen molar-refractivity contribution in [2.24, 2.45) is 5.41 Å². The number of benzene rings is 1. The van der Waals surface area contributed by atoms with E-state index in [1.807, 2.05) is 55.3 Å². The number of nitrogens with zero attached hydrogens (tertiary/aromatic N) is 3. The summed E-state index contributed by atoms with van der Waals surface area (Å²) < 4.78 is 0. The lowest BCUT2D eigenvalue weighted by Crippen LogP contribution is -2.49. The fourth-order valence-corrected chi connectivity index (χ4v) is 3.77. The Bertz CT molecular complexity index is 854. The molecule has 0 spiro atoms. The van der Waals surface area contributed by atoms with Gasteiger partial charge in [-0.2, -0.15) is 0 Å². The molecule has 1 aliphatic heterocycles. The highest BCUT2D eigenvalue weighted by Crippen LogP contribution is 2.23. The lowest BCUT2D eigenvalue weighted by Gasteiger charge is -2.36. The number of carbonyl (C=O) groups excluding carboxylic acids is 2. The van der Waals surface area contributed by atoms with Gasteiger partial charge in [0.15, 0.2) is 5.13 Å². The molecule has 6 nitrogen and oxygen atoms in total. The molecule has 0 unspecified atom stereocenters. The standard InChI is InChI=1S/C20H25ClN4O2S/c1-20(2,3)18(27)23-19-22-15(13-28-19)12-17(26)25-9-7-24(8-10-25)16-6-4-5-14(21)11-16/h4-6,11,13H,7-10,12H2,1-3H3,(H,22,23,27). The molecular weight excluding hydrogens is 396 g/mol. The molecule has 0 saturated carbocycles. The summed E-state index contributed by atoms with van der Waals surface area (Å²) in [5.74, 6) is -0.0263. The summed E-state index contributed by atoms with van der Waals surface area (Å²) in [6, 6.07) is 7.78. The van der Waals surface area contributed by atoms with Crippen molar-refractivity contribution in [3.8, 4) is 0 Å². The predicted molar refractivity (Wildman–Crippen MR) is 114 cm³/mol. The average molecular weight is 421 g/mol. The molecule has 1 aromatic carbocycles. The zero-order chi connectivity index (χ0) is 20.3. The third kappa shape index (κ3) is 5.23. The molecule has 1 aliphatic rings. The number of hydrogen-bond acceptors (Lipinski definition) is 5. The van der Waals surface area contributed by atoms with Crippen LogP contribution >= 0.6 is 22.9 Å². The minimum atomic E-state index is -0.482. The minimum absolute atomic E-state index is 0.0599. The molecule has 1 fully saturated rings. The second-order valence-electron chi connectivity index (χ2n) is 7.87. The van der Waals surface area contributed by atoms with Crippen molar-refractivity contribution in [3.63, 3.8) is 0 Å². The maximum atomic E-state index is 12.6. The number of nitrogens with one attached hydrogen (secondary N) is 1. The summed E-state index contributed by atoms with van der Waals surface area (Å²) in [4.78, 5) is 33.2. The number of aromatic nitrogens is 1. The van der Waals surface area contributed by atoms with Gasteiger partial charge in [-0.25, -0.2) is 4.98 Å². The van der Waals surface area contributed by atoms with E-state index in [4.69, 9.17) is 11.6 Å². The van der Waals surface area contributed by atoms with Crippen LogP contribution in [-0.2, 0) is 16.0 Å². The van der Waals surface area contributed by atoms with Crippen LogP contribution < -0.4 is 10.2 Å². The molecule has 2 heterocycles. The Kier molecular flexibility index (Phi) is 6.25. The zero-order valence-corrected chi connectivity index (χ0v) is 17.9. The molecule has 0 bridgehead atoms. The predicted octanol–water partition coefficient (Wildman–Crippen LogP) is 3.67. The molecule has 3 rings (SSSR count). The number of amides is 2. The van der Waals surface area contributed by atoms with Gasteiger partial charge in [-0.1, -0.05) is 38.4 Å². The van der Waals surface area contributed by atoms with Gasteiger partial charge >= 0.3 is 0 Å². The Labute approximate surface area is 174 Å². The Morgan fingerprint density at radius 1 is 1.21 bits per heavy atom. The van der Waals surface area contributed by atoms with Gasteiger partial charge in [0.05, 0.1) is 12.1 Å². The van der Waals surface area contributed by atoms with Crippen molar-refractivity contribution in [2.45, 2.75) is 27.2 Å². The van der Waals surface area contributed by atoms with Crippen LogP contribution in [0.1, 0.15) is 26.5 Å². The number of halogens is 1. The summed E-state index contributed by atoms with van der Waals surface area (Å²) in [6.45, 7) is 8.44. The van der Waals surface area contributed by atoms with Crippen molar-refractivity contribution >= 4 is 45.6 Å². The maximum Gasteiger partial charge on any atom is 0.231 e. The van der Waals surface area contributed by atoms with E-state index in [1.165, 1.54) is 11.3 Å². The fourth-order valence-electron chi connectivity index (χ4n) is 2.88. The fraction of sp³-hybridized carbons (Fsp3) is 0.450. The number of carbonyl (C=O) groups is 2. The average Bonchev–Trinajstić information content (AvgIpc) is 3.08. The van der Waals surface area contributed by atoms with Crippen molar-refractivity contribution in [3.05, 3.63) is 40.4 Å². The first-order valence-corrected chi connectivity index (χ1v) is 10.5. The van der Waals surface area contributed by atoms with Crippen LogP contribution in [0.4, 0.5) is 10.8 Å². The van der Waals surface area contributed by atoms with Crippen LogP contribution in [0.3, 0.4) is 0 Å². The smallest absolute Gasteiger partial charge is 0.231 e. The van der Waals surface area contributed by atoms with Gasteiger partial charge in [0.1, 0.15) is 0 Å². The van der Waals surface area contributed by atoms with Crippen LogP contribution in [0.2, 0.25) is 5.02 Å². The number of anilines is 2. The summed E-state index contributed by atoms with van der Waals surface area (Å²) in [5.41, 5.74) is 1.29. The third-order valence-electron chi connectivity index (χ3n) is 4.59. The molecule has 8 heteroatoms. The second-order valence-corrected chi connectivity index (χ2v) is 9.17. The largest absolute Gasteiger partial charge is 0.368 e. The van der Waals surface area contributed by atoms with Gasteiger partial charge in [0, 0.05) is 47.7 Å². The summed E-state index contributed by atoms with van der Waals surface area (Å²) in [7, 11) is 0. The first-order chi connectivity index (χ1) is 13.2. The molecule has 28 heavy (non-hydrogen) atoms. The Morgan fingerprint density at radius 3 is 2.57 bits per heavy atom. The summed E-state index contributed by atoms with van der Waals surface area (Å²) >= 11 is 7.42. The summed E-state index contributed by atoms with van der Waals surface area (Å²) in [5, 5.41) is 5.89. The van der Waals surface area contributed by atoms with E-state index >= 15 is 0 Å². The van der Waals surface area contributed by atoms with Gasteiger partial charge in [0.25, 0.3) is 0 Å². The summed E-state index contributed by atoms with van der Waals surface area (Å²) in [6.07, 6.45) is 0.249. The lowest BCUT2D eigenvalue weighted by molar-refractivity contribution is -0.130. The highest BCUT2D eigenvalue weighted by Gasteiger charge is 2.24. The molecule has 0 atom stereocenters. The van der Waals surface area contributed by atoms with Crippen molar-refractivity contribution < 1.29 is 9.59 Å². The SMILES string of the molecule is CC(C)(C)C(=O)Nc1nc(CC(=O)N2CCN(c3cccc(Cl)c3)CC2)cs1. The zero-order valence-electron chi connectivity index (χ0n) is 16.4. The van der Waals surface area contributed by atoms with Crippen LogP contribution in [0.5, 0.6) is 0 Å². The molecule has 2 amide bonds. The lowest BCUT2D eigenvalue weighted by atomic mass is 9.96. The van der Waals surface area contributed by atoms with E-state index in [0.717, 1.165) is 18.8 Å². The van der Waals surface area contributed by atoms with Crippen molar-refractivity contribution in [2.75, 3.05) is 36.4 Å². The van der Waals surface area contributed by atoms with Crippen LogP contribution in [0.25, 0.3) is 0 Å². The van der Waals surface area contributed by atoms with Crippen molar-refractivity contribution in [1.82, 2.24) is 9.88 Å². The molecule has 150 valence electrons. The first-order valence-electron chi connectivity index (χ1n) is 9.26. The van der Waals surface area contributed by atoms with E-state index in [-0.39, 0.29) is 18.2 Å². The first kappa shape index (κ1) is 20.6. The number of piperazine rings is 1. The topological polar surface area (TPSA) is 65.5 Å². The minimum Gasteiger partial charge on any atom is -0.368 e. The van der Waals surface area contributed by atoms with Gasteiger partial charge < -0.3 is 15.1 Å². The normalized spacial score (nSPS) is 14.9. The number of thiazole rings is 1. The van der Waals surface area contributed by atoms with Crippen LogP contribution in [0.15, 0.2) is 29.6 Å². The van der Waals surface area contributed by atoms with E-state index in [1.54, 1.807) is 0 Å². The quantitative estimate of drug-likeness (QED) is 0.819. The van der Waals surface area contributed by atoms with Gasteiger partial charge in [-0.15, -0.1) is 11.3 Å². The van der Waals surface area contributed by atoms with Gasteiger partial charge in [-0.05, 0) is 18.2 Å². The van der Waals surface area contributed by atoms with E-state index in [2.05, 4.69) is 15.2 Å². The van der Waals surface area contributed by atoms with E-state index < -0.39 is 5.41 Å². The second kappa shape index (κ2) is 8.49. The Morgan fingerprint density at radius 2 is 1.93 bits per heavy atom. The third-order valence-corrected chi connectivity index (χ3v) is 5.63. The molecule has 1 N–H and O–H groups in total. The maximum absolute atomic E-state index is 12.6. The highest BCUT2D eigenvalue weighted by atomic mass is 35.5.